The van der Waals surface area contributed by atoms with Crippen LogP contribution in [-0.4, -0.2) is 42.6 Å². The summed E-state index contributed by atoms with van der Waals surface area (Å²) in [5.41, 5.74) is 15.7. The maximum Gasteiger partial charge on any atom is 0.333 e. The van der Waals surface area contributed by atoms with Gasteiger partial charge in [0.25, 0.3) is 0 Å². The molecule has 1 aromatic heterocycles. The van der Waals surface area contributed by atoms with Crippen LogP contribution in [0.25, 0.3) is 0 Å². The second-order valence-electron chi connectivity index (χ2n) is 7.48. The Morgan fingerprint density at radius 2 is 1.62 bits per heavy atom. The van der Waals surface area contributed by atoms with Gasteiger partial charge in [-0.1, -0.05) is 13.2 Å². The second-order valence-corrected chi connectivity index (χ2v) is 8.28. The zero-order valence-electron chi connectivity index (χ0n) is 20.0. The highest BCUT2D eigenvalue weighted by Gasteiger charge is 2.12. The van der Waals surface area contributed by atoms with E-state index in [0.29, 0.717) is 40.5 Å². The molecule has 34 heavy (non-hydrogen) atoms. The lowest BCUT2D eigenvalue weighted by molar-refractivity contribution is -0.139. The maximum atomic E-state index is 11.5. The van der Waals surface area contributed by atoms with Crippen molar-refractivity contribution in [1.29, 1.82) is 5.26 Å². The Hall–Kier alpha value is -3.84. The molecule has 0 fully saturated rings. The first-order valence-electron chi connectivity index (χ1n) is 10.4. The van der Waals surface area contributed by atoms with Crippen molar-refractivity contribution in [3.05, 3.63) is 59.3 Å². The van der Waals surface area contributed by atoms with Gasteiger partial charge < -0.3 is 25.8 Å². The van der Waals surface area contributed by atoms with E-state index in [1.807, 2.05) is 36.1 Å². The molecule has 0 aliphatic rings. The number of esters is 2. The van der Waals surface area contributed by atoms with E-state index in [0.717, 1.165) is 28.5 Å². The van der Waals surface area contributed by atoms with E-state index in [9.17, 15) is 9.59 Å². The number of nitrogens with two attached hydrogens (primary N) is 2. The van der Waals surface area contributed by atoms with Crippen molar-refractivity contribution < 1.29 is 19.1 Å². The van der Waals surface area contributed by atoms with Gasteiger partial charge in [0.15, 0.2) is 0 Å². The standard InChI is InChI=1S/C19H26N2O4.C5H5N3S/c1-13(2)18(22)24-10-8-21(9-11-25-19(23)14(3)4)16-6-7-17(20)15(5)12-16;1-3-4(2-6)5(7)9-8-3/h6-7,12H,1,3,8-11,20H2,2,4-5H3;7H2,1H3. The topological polar surface area (TPSA) is 145 Å². The highest BCUT2D eigenvalue weighted by atomic mass is 32.1. The van der Waals surface area contributed by atoms with Crippen molar-refractivity contribution in [3.8, 4) is 6.07 Å². The summed E-state index contributed by atoms with van der Waals surface area (Å²) in [5, 5.41) is 8.93. The number of nitrogen functional groups attached to an aromatic ring is 2. The van der Waals surface area contributed by atoms with Crippen molar-refractivity contribution in [3.63, 3.8) is 0 Å². The molecular weight excluding hydrogens is 454 g/mol. The maximum absolute atomic E-state index is 11.5. The van der Waals surface area contributed by atoms with E-state index < -0.39 is 11.9 Å². The van der Waals surface area contributed by atoms with Crippen LogP contribution in [0.2, 0.25) is 0 Å². The first-order valence-corrected chi connectivity index (χ1v) is 11.1. The largest absolute Gasteiger partial charge is 0.460 e. The normalized spacial score (nSPS) is 9.74. The number of rotatable bonds is 9. The van der Waals surface area contributed by atoms with Crippen LogP contribution in [0, 0.1) is 25.2 Å². The molecule has 182 valence electrons. The van der Waals surface area contributed by atoms with Gasteiger partial charge in [-0.3, -0.25) is 0 Å². The summed E-state index contributed by atoms with van der Waals surface area (Å²) < 4.78 is 14.2. The summed E-state index contributed by atoms with van der Waals surface area (Å²) in [6.45, 7) is 15.3. The molecule has 0 aliphatic heterocycles. The molecule has 0 spiro atoms. The van der Waals surface area contributed by atoms with Gasteiger partial charge in [0, 0.05) is 22.5 Å². The Balaban J connectivity index is 0.000000533. The Kier molecular flexibility index (Phi) is 11.3. The molecule has 4 N–H and O–H groups in total. The number of carbonyl (C=O) groups excluding carboxylic acids is 2. The molecule has 1 heterocycles. The summed E-state index contributed by atoms with van der Waals surface area (Å²) in [5.74, 6) is -0.857. The number of benzene rings is 1. The number of hydrogen-bond donors (Lipinski definition) is 2. The van der Waals surface area contributed by atoms with Gasteiger partial charge in [0.2, 0.25) is 0 Å². The summed E-state index contributed by atoms with van der Waals surface area (Å²) in [7, 11) is 0. The van der Waals surface area contributed by atoms with Gasteiger partial charge in [-0.2, -0.15) is 9.64 Å². The third-order valence-corrected chi connectivity index (χ3v) is 5.27. The van der Waals surface area contributed by atoms with Gasteiger partial charge in [-0.05, 0) is 63.0 Å². The lowest BCUT2D eigenvalue weighted by Crippen LogP contribution is -2.32. The Labute approximate surface area is 204 Å². The molecule has 1 aromatic carbocycles. The second kappa shape index (κ2) is 13.6. The highest BCUT2D eigenvalue weighted by molar-refractivity contribution is 7.10. The number of aryl methyl sites for hydroxylation is 2. The molecule has 0 saturated heterocycles. The van der Waals surface area contributed by atoms with Crippen LogP contribution in [0.15, 0.2) is 42.5 Å². The van der Waals surface area contributed by atoms with Crippen LogP contribution in [0.4, 0.5) is 16.4 Å². The minimum Gasteiger partial charge on any atom is -0.460 e. The van der Waals surface area contributed by atoms with Crippen LogP contribution >= 0.6 is 11.5 Å². The Morgan fingerprint density at radius 1 is 1.09 bits per heavy atom. The van der Waals surface area contributed by atoms with Crippen molar-refractivity contribution >= 4 is 39.8 Å². The molecule has 10 heteroatoms. The van der Waals surface area contributed by atoms with E-state index in [1.54, 1.807) is 20.8 Å². The zero-order valence-corrected chi connectivity index (χ0v) is 20.8. The number of aromatic nitrogens is 1. The number of hydrogen-bond acceptors (Lipinski definition) is 10. The lowest BCUT2D eigenvalue weighted by Gasteiger charge is -2.25. The SMILES string of the molecule is C=C(C)C(=O)OCCN(CCOC(=O)C(=C)C)c1ccc(N)c(C)c1.Cc1nsc(N)c1C#N. The predicted octanol–water partition coefficient (Wildman–Crippen LogP) is 3.53. The first kappa shape index (κ1) is 28.2. The smallest absolute Gasteiger partial charge is 0.333 e. The number of anilines is 3. The summed E-state index contributed by atoms with van der Waals surface area (Å²) in [4.78, 5) is 25.0. The van der Waals surface area contributed by atoms with E-state index >= 15 is 0 Å². The zero-order chi connectivity index (χ0) is 25.8. The molecule has 0 atom stereocenters. The van der Waals surface area contributed by atoms with Gasteiger partial charge in [0.1, 0.15) is 29.8 Å². The van der Waals surface area contributed by atoms with Crippen molar-refractivity contribution in [2.24, 2.45) is 0 Å². The van der Waals surface area contributed by atoms with Crippen LogP contribution in [0.5, 0.6) is 0 Å². The van der Waals surface area contributed by atoms with E-state index in [4.69, 9.17) is 26.2 Å². The van der Waals surface area contributed by atoms with Crippen LogP contribution in [0.3, 0.4) is 0 Å². The molecule has 9 nitrogen and oxygen atoms in total. The number of nitriles is 1. The van der Waals surface area contributed by atoms with E-state index in [2.05, 4.69) is 17.5 Å². The Bertz CT molecular complexity index is 1040. The minimum atomic E-state index is -0.429. The minimum absolute atomic E-state index is 0.198. The van der Waals surface area contributed by atoms with Crippen molar-refractivity contribution in [1.82, 2.24) is 4.37 Å². The average Bonchev–Trinajstić information content (AvgIpc) is 3.11. The fraction of sp³-hybridized carbons (Fsp3) is 0.333. The predicted molar refractivity (Wildman–Crippen MR) is 135 cm³/mol. The fourth-order valence-corrected chi connectivity index (χ4v) is 3.10. The molecular formula is C24H31N5O4S. The van der Waals surface area contributed by atoms with Crippen LogP contribution < -0.4 is 16.4 Å². The van der Waals surface area contributed by atoms with Gasteiger partial charge in [-0.25, -0.2) is 9.59 Å². The molecule has 0 radical (unpaired) electrons. The van der Waals surface area contributed by atoms with Crippen molar-refractivity contribution in [2.45, 2.75) is 27.7 Å². The first-order chi connectivity index (χ1) is 16.0. The molecule has 0 bridgehead atoms. The van der Waals surface area contributed by atoms with Crippen LogP contribution in [0.1, 0.15) is 30.7 Å². The van der Waals surface area contributed by atoms with Gasteiger partial charge in [-0.15, -0.1) is 0 Å². The van der Waals surface area contributed by atoms with Gasteiger partial charge >= 0.3 is 11.9 Å². The molecule has 0 unspecified atom stereocenters. The highest BCUT2D eigenvalue weighted by Crippen LogP contribution is 2.21. The summed E-state index contributed by atoms with van der Waals surface area (Å²) in [6.07, 6.45) is 0. The molecule has 2 rings (SSSR count). The number of nitrogens with zero attached hydrogens (tertiary/aromatic N) is 3. The van der Waals surface area contributed by atoms with E-state index in [1.165, 1.54) is 0 Å². The number of ether oxygens (including phenoxy) is 2. The summed E-state index contributed by atoms with van der Waals surface area (Å²) in [6, 6.07) is 7.60. The van der Waals surface area contributed by atoms with Crippen LogP contribution in [-0.2, 0) is 19.1 Å². The fourth-order valence-electron chi connectivity index (χ4n) is 2.49. The average molecular weight is 486 g/mol. The monoisotopic (exact) mass is 485 g/mol. The molecule has 0 amide bonds. The molecule has 2 aromatic rings. The molecule has 0 aliphatic carbocycles. The molecule has 0 saturated carbocycles. The quantitative estimate of drug-likeness (QED) is 0.309. The van der Waals surface area contributed by atoms with Gasteiger partial charge in [0.05, 0.1) is 18.8 Å². The summed E-state index contributed by atoms with van der Waals surface area (Å²) >= 11 is 1.16. The third kappa shape index (κ3) is 8.96. The van der Waals surface area contributed by atoms with Crippen molar-refractivity contribution in [2.75, 3.05) is 42.7 Å². The van der Waals surface area contributed by atoms with E-state index in [-0.39, 0.29) is 13.2 Å². The lowest BCUT2D eigenvalue weighted by atomic mass is 10.1. The number of carbonyl (C=O) groups is 2. The Morgan fingerprint density at radius 3 is 1.97 bits per heavy atom. The third-order valence-electron chi connectivity index (χ3n) is 4.51.